The Bertz CT molecular complexity index is 1390. The summed E-state index contributed by atoms with van der Waals surface area (Å²) in [5.41, 5.74) is 10.5. The molecule has 0 heterocycles. The van der Waals surface area contributed by atoms with E-state index in [1.165, 1.54) is 44.5 Å². The Morgan fingerprint density at radius 1 is 0.605 bits per heavy atom. The van der Waals surface area contributed by atoms with Gasteiger partial charge >= 0.3 is 5.97 Å². The van der Waals surface area contributed by atoms with E-state index in [9.17, 15) is 4.79 Å². The van der Waals surface area contributed by atoms with Crippen LogP contribution in [0.3, 0.4) is 0 Å². The third-order valence-electron chi connectivity index (χ3n) is 8.97. The second-order valence-electron chi connectivity index (χ2n) is 10.9. The molecule has 0 amide bonds. The number of hydrogen-bond acceptors (Lipinski definition) is 2. The Hall–Kier alpha value is -3.65. The average molecular weight is 501 g/mol. The van der Waals surface area contributed by atoms with Crippen LogP contribution in [0.2, 0.25) is 0 Å². The Labute approximate surface area is 226 Å². The fraction of sp³-hybridized carbons (Fsp3) is 0.306. The van der Waals surface area contributed by atoms with Crippen molar-refractivity contribution >= 4 is 5.97 Å². The van der Waals surface area contributed by atoms with Crippen molar-refractivity contribution in [2.24, 2.45) is 0 Å². The lowest BCUT2D eigenvalue weighted by Gasteiger charge is -2.43. The molecule has 0 aromatic heterocycles. The lowest BCUT2D eigenvalue weighted by atomic mass is 9.59. The van der Waals surface area contributed by atoms with Crippen molar-refractivity contribution in [3.8, 4) is 22.3 Å². The van der Waals surface area contributed by atoms with Gasteiger partial charge in [-0.2, -0.15) is 0 Å². The maximum Gasteiger partial charge on any atom is 0.305 e. The van der Waals surface area contributed by atoms with Crippen LogP contribution in [-0.2, 0) is 20.4 Å². The normalized spacial score (nSPS) is 15.3. The van der Waals surface area contributed by atoms with E-state index in [4.69, 9.17) is 4.74 Å². The fourth-order valence-corrected chi connectivity index (χ4v) is 7.47. The molecule has 4 aromatic rings. The maximum absolute atomic E-state index is 12.8. The van der Waals surface area contributed by atoms with Crippen molar-refractivity contribution in [2.45, 2.75) is 63.2 Å². The highest BCUT2D eigenvalue weighted by Gasteiger charge is 2.52. The standard InChI is InChI=1S/C36H36O2/c1-3-5-23-35(30-18-10-6-14-26(30)27-15-7-11-19-31(27)35)25-36(24-22-34(37)38-4-2)32-20-12-8-16-28(32)29-17-9-13-21-33(29)36/h6-21H,3-5,22-25H2,1-2H3. The molecule has 0 bridgehead atoms. The maximum atomic E-state index is 12.8. The minimum atomic E-state index is -0.293. The summed E-state index contributed by atoms with van der Waals surface area (Å²) in [6, 6.07) is 35.8. The smallest absolute Gasteiger partial charge is 0.305 e. The minimum absolute atomic E-state index is 0.108. The first-order valence-corrected chi connectivity index (χ1v) is 14.2. The van der Waals surface area contributed by atoms with Gasteiger partial charge in [0.1, 0.15) is 0 Å². The van der Waals surface area contributed by atoms with E-state index < -0.39 is 0 Å². The molecule has 0 saturated carbocycles. The highest BCUT2D eigenvalue weighted by atomic mass is 16.5. The molecule has 2 aliphatic rings. The van der Waals surface area contributed by atoms with Gasteiger partial charge in [0.2, 0.25) is 0 Å². The number of carbonyl (C=O) groups is 1. The van der Waals surface area contributed by atoms with E-state index >= 15 is 0 Å². The van der Waals surface area contributed by atoms with Gasteiger partial charge in [-0.25, -0.2) is 0 Å². The molecule has 0 radical (unpaired) electrons. The zero-order valence-electron chi connectivity index (χ0n) is 22.5. The highest BCUT2D eigenvalue weighted by Crippen LogP contribution is 2.62. The Balaban J connectivity index is 1.60. The molecule has 0 fully saturated rings. The third-order valence-corrected chi connectivity index (χ3v) is 8.97. The SMILES string of the molecule is CCCCC1(CC2(CCC(=O)OCC)c3ccccc3-c3ccccc32)c2ccccc2-c2ccccc21. The zero-order chi connectivity index (χ0) is 26.2. The van der Waals surface area contributed by atoms with E-state index in [1.807, 2.05) is 6.92 Å². The Morgan fingerprint density at radius 3 is 1.39 bits per heavy atom. The first-order valence-electron chi connectivity index (χ1n) is 14.2. The van der Waals surface area contributed by atoms with Crippen LogP contribution < -0.4 is 0 Å². The minimum Gasteiger partial charge on any atom is -0.466 e. The molecule has 4 aromatic carbocycles. The van der Waals surface area contributed by atoms with Crippen LogP contribution in [0.15, 0.2) is 97.1 Å². The number of hydrogen-bond donors (Lipinski definition) is 0. The number of ether oxygens (including phenoxy) is 1. The van der Waals surface area contributed by atoms with Crippen molar-refractivity contribution in [2.75, 3.05) is 6.61 Å². The first-order chi connectivity index (χ1) is 18.6. The topological polar surface area (TPSA) is 26.3 Å². The second-order valence-corrected chi connectivity index (χ2v) is 10.9. The predicted molar refractivity (Wildman–Crippen MR) is 155 cm³/mol. The Morgan fingerprint density at radius 2 is 1.00 bits per heavy atom. The second kappa shape index (κ2) is 9.91. The molecule has 6 rings (SSSR count). The van der Waals surface area contributed by atoms with Gasteiger partial charge in [0.25, 0.3) is 0 Å². The summed E-state index contributed by atoms with van der Waals surface area (Å²) in [7, 11) is 0. The molecule has 0 spiro atoms. The summed E-state index contributed by atoms with van der Waals surface area (Å²) in [4.78, 5) is 12.8. The summed E-state index contributed by atoms with van der Waals surface area (Å²) >= 11 is 0. The van der Waals surface area contributed by atoms with Gasteiger partial charge in [0.05, 0.1) is 6.61 Å². The zero-order valence-corrected chi connectivity index (χ0v) is 22.5. The molecule has 192 valence electrons. The summed E-state index contributed by atoms with van der Waals surface area (Å²) in [5.74, 6) is -0.108. The van der Waals surface area contributed by atoms with Crippen LogP contribution >= 0.6 is 0 Å². The van der Waals surface area contributed by atoms with Gasteiger partial charge in [-0.1, -0.05) is 117 Å². The number of esters is 1. The van der Waals surface area contributed by atoms with Crippen LogP contribution in [0, 0.1) is 0 Å². The highest BCUT2D eigenvalue weighted by molar-refractivity contribution is 5.84. The van der Waals surface area contributed by atoms with Gasteiger partial charge < -0.3 is 4.74 Å². The molecule has 2 nitrogen and oxygen atoms in total. The fourth-order valence-electron chi connectivity index (χ4n) is 7.47. The largest absolute Gasteiger partial charge is 0.466 e. The van der Waals surface area contributed by atoms with Crippen molar-refractivity contribution < 1.29 is 9.53 Å². The monoisotopic (exact) mass is 500 g/mol. The molecule has 0 aliphatic heterocycles. The summed E-state index contributed by atoms with van der Waals surface area (Å²) < 4.78 is 5.46. The lowest BCUT2D eigenvalue weighted by Crippen LogP contribution is -2.38. The first kappa shape index (κ1) is 24.7. The van der Waals surface area contributed by atoms with Crippen LogP contribution in [0.4, 0.5) is 0 Å². The molecule has 0 saturated heterocycles. The van der Waals surface area contributed by atoms with Gasteiger partial charge in [-0.15, -0.1) is 0 Å². The third kappa shape index (κ3) is 3.73. The molecule has 38 heavy (non-hydrogen) atoms. The van der Waals surface area contributed by atoms with E-state index in [1.54, 1.807) is 0 Å². The number of unbranched alkanes of at least 4 members (excludes halogenated alkanes) is 1. The van der Waals surface area contributed by atoms with Gasteiger partial charge in [-0.05, 0) is 70.7 Å². The van der Waals surface area contributed by atoms with Crippen LogP contribution in [0.5, 0.6) is 0 Å². The average Bonchev–Trinajstić information content (AvgIpc) is 3.40. The van der Waals surface area contributed by atoms with Gasteiger partial charge in [-0.3, -0.25) is 4.79 Å². The van der Waals surface area contributed by atoms with E-state index in [-0.39, 0.29) is 16.8 Å². The molecule has 0 unspecified atom stereocenters. The molecule has 2 heteroatoms. The number of benzene rings is 4. The van der Waals surface area contributed by atoms with Crippen molar-refractivity contribution in [3.63, 3.8) is 0 Å². The van der Waals surface area contributed by atoms with Crippen LogP contribution in [-0.4, -0.2) is 12.6 Å². The van der Waals surface area contributed by atoms with Crippen molar-refractivity contribution in [1.82, 2.24) is 0 Å². The Kier molecular flexibility index (Phi) is 6.43. The molecule has 2 aliphatic carbocycles. The number of fused-ring (bicyclic) bond motifs is 6. The molecular formula is C36H36O2. The molecular weight excluding hydrogens is 464 g/mol. The molecule has 0 N–H and O–H groups in total. The van der Waals surface area contributed by atoms with E-state index in [0.717, 1.165) is 32.1 Å². The number of rotatable bonds is 9. The van der Waals surface area contributed by atoms with Crippen LogP contribution in [0.1, 0.15) is 74.6 Å². The quantitative estimate of drug-likeness (QED) is 0.215. The molecule has 0 atom stereocenters. The van der Waals surface area contributed by atoms with E-state index in [0.29, 0.717) is 13.0 Å². The summed E-state index contributed by atoms with van der Waals surface area (Å²) in [6.45, 7) is 4.59. The summed E-state index contributed by atoms with van der Waals surface area (Å²) in [5, 5.41) is 0. The van der Waals surface area contributed by atoms with Crippen molar-refractivity contribution in [3.05, 3.63) is 119 Å². The van der Waals surface area contributed by atoms with Gasteiger partial charge in [0, 0.05) is 17.3 Å². The predicted octanol–water partition coefficient (Wildman–Crippen LogP) is 8.84. The van der Waals surface area contributed by atoms with Crippen LogP contribution in [0.25, 0.3) is 22.3 Å². The lowest BCUT2D eigenvalue weighted by molar-refractivity contribution is -0.143. The van der Waals surface area contributed by atoms with E-state index in [2.05, 4.69) is 104 Å². The van der Waals surface area contributed by atoms with Gasteiger partial charge in [0.15, 0.2) is 0 Å². The number of carbonyl (C=O) groups excluding carboxylic acids is 1. The van der Waals surface area contributed by atoms with Crippen molar-refractivity contribution in [1.29, 1.82) is 0 Å². The summed E-state index contributed by atoms with van der Waals surface area (Å²) in [6.07, 6.45) is 5.46.